The second kappa shape index (κ2) is 6.46. The van der Waals surface area contributed by atoms with E-state index in [1.165, 1.54) is 4.88 Å². The van der Waals surface area contributed by atoms with E-state index in [-0.39, 0.29) is 0 Å². The van der Waals surface area contributed by atoms with Gasteiger partial charge in [-0.25, -0.2) is 0 Å². The number of thiophene rings is 1. The number of piperazine rings is 1. The van der Waals surface area contributed by atoms with E-state index in [1.807, 2.05) is 0 Å². The molecule has 3 unspecified atom stereocenters. The van der Waals surface area contributed by atoms with Crippen LogP contribution >= 0.6 is 11.3 Å². The van der Waals surface area contributed by atoms with Crippen LogP contribution in [0, 0.1) is 0 Å². The average molecular weight is 307 g/mol. The highest BCUT2D eigenvalue weighted by molar-refractivity contribution is 7.10. The molecule has 3 heterocycles. The lowest BCUT2D eigenvalue weighted by molar-refractivity contribution is -0.133. The first-order chi connectivity index (χ1) is 10.1. The maximum Gasteiger partial charge on any atom is 0.237 e. The maximum absolute atomic E-state index is 12.7. The summed E-state index contributed by atoms with van der Waals surface area (Å²) in [6, 6.07) is 5.49. The fourth-order valence-electron chi connectivity index (χ4n) is 3.69. The molecule has 0 aliphatic carbocycles. The van der Waals surface area contributed by atoms with Crippen molar-refractivity contribution in [3.8, 4) is 0 Å². The van der Waals surface area contributed by atoms with Crippen molar-refractivity contribution < 1.29 is 4.79 Å². The molecule has 2 aliphatic heterocycles. The Morgan fingerprint density at radius 1 is 1.38 bits per heavy atom. The largest absolute Gasteiger partial charge is 0.334 e. The zero-order valence-corrected chi connectivity index (χ0v) is 13.7. The number of likely N-dealkylation sites (tertiary alicyclic amines) is 1. The summed E-state index contributed by atoms with van der Waals surface area (Å²) in [5, 5.41) is 5.63. The molecule has 0 aromatic carbocycles. The number of rotatable bonds is 3. The third-order valence-corrected chi connectivity index (χ3v) is 5.41. The van der Waals surface area contributed by atoms with E-state index >= 15 is 0 Å². The Morgan fingerprint density at radius 3 is 2.81 bits per heavy atom. The summed E-state index contributed by atoms with van der Waals surface area (Å²) in [5.74, 6) is 0.298. The predicted molar refractivity (Wildman–Crippen MR) is 86.5 cm³/mol. The van der Waals surface area contributed by atoms with Gasteiger partial charge in [-0.3, -0.25) is 9.69 Å². The van der Waals surface area contributed by atoms with Gasteiger partial charge >= 0.3 is 0 Å². The Bertz CT molecular complexity index is 466. The Hall–Kier alpha value is -0.910. The quantitative estimate of drug-likeness (QED) is 0.929. The summed E-state index contributed by atoms with van der Waals surface area (Å²) in [5.41, 5.74) is 0. The number of nitrogens with zero attached hydrogens (tertiary/aromatic N) is 2. The highest BCUT2D eigenvalue weighted by Gasteiger charge is 2.32. The Balaban J connectivity index is 1.62. The molecule has 0 spiro atoms. The number of nitrogens with one attached hydrogen (secondary N) is 1. The lowest BCUT2D eigenvalue weighted by Crippen LogP contribution is -2.56. The molecule has 1 N–H and O–H groups in total. The number of hydrogen-bond donors (Lipinski definition) is 1. The second-order valence-corrected chi connectivity index (χ2v) is 7.40. The molecular weight excluding hydrogens is 282 g/mol. The molecule has 2 saturated heterocycles. The first-order valence-corrected chi connectivity index (χ1v) is 8.82. The number of carbonyl (C=O) groups is 1. The molecule has 116 valence electrons. The SMILES string of the molecule is CC1CN(CC(=O)N2CCCC2c2cccs2)CC(C)N1. The van der Waals surface area contributed by atoms with Crippen molar-refractivity contribution in [2.45, 2.75) is 44.8 Å². The van der Waals surface area contributed by atoms with Crippen LogP contribution in [0.5, 0.6) is 0 Å². The van der Waals surface area contributed by atoms with Crippen LogP contribution < -0.4 is 5.32 Å². The van der Waals surface area contributed by atoms with Gasteiger partial charge in [-0.2, -0.15) is 0 Å². The van der Waals surface area contributed by atoms with Crippen molar-refractivity contribution in [2.24, 2.45) is 0 Å². The van der Waals surface area contributed by atoms with Crippen LogP contribution in [0.2, 0.25) is 0 Å². The minimum absolute atomic E-state index is 0.298. The molecule has 0 radical (unpaired) electrons. The van der Waals surface area contributed by atoms with Crippen molar-refractivity contribution in [2.75, 3.05) is 26.2 Å². The molecule has 0 bridgehead atoms. The molecule has 2 fully saturated rings. The monoisotopic (exact) mass is 307 g/mol. The molecular formula is C16H25N3OS. The predicted octanol–water partition coefficient (Wildman–Crippen LogP) is 2.09. The van der Waals surface area contributed by atoms with Crippen LogP contribution in [0.3, 0.4) is 0 Å². The minimum Gasteiger partial charge on any atom is -0.334 e. The summed E-state index contributed by atoms with van der Waals surface area (Å²) >= 11 is 1.77. The van der Waals surface area contributed by atoms with Crippen molar-refractivity contribution in [3.63, 3.8) is 0 Å². The van der Waals surface area contributed by atoms with Gasteiger partial charge in [0.15, 0.2) is 0 Å². The number of hydrogen-bond acceptors (Lipinski definition) is 4. The van der Waals surface area contributed by atoms with Crippen molar-refractivity contribution in [1.82, 2.24) is 15.1 Å². The van der Waals surface area contributed by atoms with Gasteiger partial charge in [-0.15, -0.1) is 11.3 Å². The van der Waals surface area contributed by atoms with Crippen LogP contribution in [-0.2, 0) is 4.79 Å². The molecule has 2 aliphatic rings. The van der Waals surface area contributed by atoms with Crippen LogP contribution in [-0.4, -0.2) is 54.0 Å². The molecule has 4 nitrogen and oxygen atoms in total. The fraction of sp³-hybridized carbons (Fsp3) is 0.688. The van der Waals surface area contributed by atoms with Crippen LogP contribution in [0.25, 0.3) is 0 Å². The van der Waals surface area contributed by atoms with E-state index in [9.17, 15) is 4.79 Å². The fourth-order valence-corrected chi connectivity index (χ4v) is 4.57. The Morgan fingerprint density at radius 2 is 2.14 bits per heavy atom. The van der Waals surface area contributed by atoms with Gasteiger partial charge in [0.2, 0.25) is 5.91 Å². The van der Waals surface area contributed by atoms with Crippen molar-refractivity contribution in [1.29, 1.82) is 0 Å². The van der Waals surface area contributed by atoms with Crippen molar-refractivity contribution in [3.05, 3.63) is 22.4 Å². The lowest BCUT2D eigenvalue weighted by atomic mass is 10.1. The highest BCUT2D eigenvalue weighted by atomic mass is 32.1. The van der Waals surface area contributed by atoms with E-state index in [2.05, 4.69) is 46.5 Å². The third kappa shape index (κ3) is 3.47. The van der Waals surface area contributed by atoms with Gasteiger partial charge in [-0.1, -0.05) is 6.07 Å². The number of carbonyl (C=O) groups excluding carboxylic acids is 1. The lowest BCUT2D eigenvalue weighted by Gasteiger charge is -2.37. The molecule has 21 heavy (non-hydrogen) atoms. The van der Waals surface area contributed by atoms with Crippen LogP contribution in [0.15, 0.2) is 17.5 Å². The first kappa shape index (κ1) is 15.0. The molecule has 5 heteroatoms. The maximum atomic E-state index is 12.7. The summed E-state index contributed by atoms with van der Waals surface area (Å²) in [4.78, 5) is 18.4. The topological polar surface area (TPSA) is 35.6 Å². The summed E-state index contributed by atoms with van der Waals surface area (Å²) in [6.45, 7) is 7.80. The summed E-state index contributed by atoms with van der Waals surface area (Å²) in [6.07, 6.45) is 2.24. The Kier molecular flexibility index (Phi) is 4.62. The van der Waals surface area contributed by atoms with E-state index in [0.29, 0.717) is 30.6 Å². The van der Waals surface area contributed by atoms with Crippen molar-refractivity contribution >= 4 is 17.2 Å². The average Bonchev–Trinajstić information content (AvgIpc) is 3.08. The zero-order valence-electron chi connectivity index (χ0n) is 12.9. The molecule has 1 aromatic rings. The van der Waals surface area contributed by atoms with Crippen LogP contribution in [0.4, 0.5) is 0 Å². The van der Waals surface area contributed by atoms with Gasteiger partial charge in [0.25, 0.3) is 0 Å². The number of amides is 1. The smallest absolute Gasteiger partial charge is 0.237 e. The first-order valence-electron chi connectivity index (χ1n) is 7.95. The summed E-state index contributed by atoms with van der Waals surface area (Å²) in [7, 11) is 0. The third-order valence-electron chi connectivity index (χ3n) is 4.44. The molecule has 1 amide bonds. The molecule has 3 atom stereocenters. The van der Waals surface area contributed by atoms with Crippen LogP contribution in [0.1, 0.15) is 37.6 Å². The van der Waals surface area contributed by atoms with E-state index in [1.54, 1.807) is 11.3 Å². The van der Waals surface area contributed by atoms with E-state index in [0.717, 1.165) is 32.5 Å². The van der Waals surface area contributed by atoms with E-state index in [4.69, 9.17) is 0 Å². The van der Waals surface area contributed by atoms with Gasteiger partial charge in [0, 0.05) is 36.6 Å². The van der Waals surface area contributed by atoms with Gasteiger partial charge in [0.05, 0.1) is 12.6 Å². The highest BCUT2D eigenvalue weighted by Crippen LogP contribution is 2.34. The van der Waals surface area contributed by atoms with Gasteiger partial charge < -0.3 is 10.2 Å². The van der Waals surface area contributed by atoms with Gasteiger partial charge in [0.1, 0.15) is 0 Å². The zero-order chi connectivity index (χ0) is 14.8. The Labute approximate surface area is 131 Å². The molecule has 3 rings (SSSR count). The minimum atomic E-state index is 0.298. The standard InChI is InChI=1S/C16H25N3OS/c1-12-9-18(10-13(2)17-12)11-16(20)19-7-3-5-14(19)15-6-4-8-21-15/h4,6,8,12-14,17H,3,5,7,9-11H2,1-2H3. The summed E-state index contributed by atoms with van der Waals surface area (Å²) < 4.78 is 0. The molecule has 0 saturated carbocycles. The van der Waals surface area contributed by atoms with Gasteiger partial charge in [-0.05, 0) is 38.1 Å². The normalized spacial score (nSPS) is 30.8. The van der Waals surface area contributed by atoms with E-state index < -0.39 is 0 Å². The molecule has 1 aromatic heterocycles. The second-order valence-electron chi connectivity index (χ2n) is 6.42.